The summed E-state index contributed by atoms with van der Waals surface area (Å²) in [5.74, 6) is 7.32. The van der Waals surface area contributed by atoms with Gasteiger partial charge in [0, 0.05) is 0 Å². The van der Waals surface area contributed by atoms with Crippen LogP contribution in [0.2, 0.25) is 33.2 Å². The van der Waals surface area contributed by atoms with Gasteiger partial charge in [-0.15, -0.1) is 11.1 Å². The van der Waals surface area contributed by atoms with Crippen molar-refractivity contribution in [1.29, 1.82) is 0 Å². The van der Waals surface area contributed by atoms with E-state index in [9.17, 15) is 0 Å². The molecule has 0 atom stereocenters. The Kier molecular flexibility index (Phi) is 9.34. The van der Waals surface area contributed by atoms with E-state index in [1.807, 2.05) is 24.3 Å². The standard InChI is InChI=1S/C34H48N2Si2/c1-23(2)37(24(3)4,25(5)6)21-19-29-17-18-30(20-22-38(26(7)8,27(9)10)28(11)12)34-33(29)35-31-15-13-14-16-32(31)36-34/h13-18,23-28H,1-12H3. The minimum absolute atomic E-state index is 0.583. The van der Waals surface area contributed by atoms with Gasteiger partial charge in [0.05, 0.1) is 22.2 Å². The van der Waals surface area contributed by atoms with Crippen LogP contribution in [-0.4, -0.2) is 26.1 Å². The molecule has 3 rings (SSSR count). The fourth-order valence-electron chi connectivity index (χ4n) is 7.12. The van der Waals surface area contributed by atoms with Crippen LogP contribution in [0.25, 0.3) is 22.1 Å². The van der Waals surface area contributed by atoms with Gasteiger partial charge < -0.3 is 0 Å². The largest absolute Gasteiger partial charge is 0.243 e. The molecule has 0 fully saturated rings. The Labute approximate surface area is 234 Å². The molecule has 0 aliphatic carbocycles. The first-order chi connectivity index (χ1) is 17.8. The fourth-order valence-corrected chi connectivity index (χ4v) is 17.6. The maximum Gasteiger partial charge on any atom is 0.146 e. The van der Waals surface area contributed by atoms with Crippen molar-refractivity contribution in [3.63, 3.8) is 0 Å². The van der Waals surface area contributed by atoms with E-state index >= 15 is 0 Å². The molecule has 0 aliphatic heterocycles. The Bertz CT molecular complexity index is 1260. The summed E-state index contributed by atoms with van der Waals surface area (Å²) < 4.78 is 0. The van der Waals surface area contributed by atoms with Crippen molar-refractivity contribution in [3.05, 3.63) is 47.5 Å². The maximum absolute atomic E-state index is 5.12. The third-order valence-electron chi connectivity index (χ3n) is 9.06. The monoisotopic (exact) mass is 540 g/mol. The molecule has 4 heteroatoms. The first-order valence-corrected chi connectivity index (χ1v) is 19.0. The van der Waals surface area contributed by atoms with E-state index in [0.29, 0.717) is 33.2 Å². The van der Waals surface area contributed by atoms with Crippen LogP contribution in [0.1, 0.15) is 94.2 Å². The quantitative estimate of drug-likeness (QED) is 0.177. The number of rotatable bonds is 6. The van der Waals surface area contributed by atoms with Crippen molar-refractivity contribution in [1.82, 2.24) is 9.97 Å². The van der Waals surface area contributed by atoms with E-state index in [2.05, 4.69) is 118 Å². The molecule has 0 aliphatic rings. The van der Waals surface area contributed by atoms with Crippen LogP contribution in [0.4, 0.5) is 0 Å². The number of para-hydroxylation sites is 2. The zero-order valence-electron chi connectivity index (χ0n) is 25.8. The minimum Gasteiger partial charge on any atom is -0.243 e. The van der Waals surface area contributed by atoms with Crippen LogP contribution in [0.5, 0.6) is 0 Å². The summed E-state index contributed by atoms with van der Waals surface area (Å²) in [5, 5.41) is 0. The van der Waals surface area contributed by atoms with E-state index in [0.717, 1.165) is 33.2 Å². The molecular weight excluding hydrogens is 493 g/mol. The zero-order chi connectivity index (χ0) is 28.4. The molecule has 0 saturated carbocycles. The lowest BCUT2D eigenvalue weighted by molar-refractivity contribution is 0.838. The van der Waals surface area contributed by atoms with Crippen LogP contribution >= 0.6 is 0 Å². The summed E-state index contributed by atoms with van der Waals surface area (Å²) in [5.41, 5.74) is 16.8. The van der Waals surface area contributed by atoms with Gasteiger partial charge in [0.2, 0.25) is 0 Å². The zero-order valence-corrected chi connectivity index (χ0v) is 27.8. The second-order valence-corrected chi connectivity index (χ2v) is 24.0. The van der Waals surface area contributed by atoms with Gasteiger partial charge in [-0.1, -0.05) is 107 Å². The molecule has 38 heavy (non-hydrogen) atoms. The molecule has 1 aromatic heterocycles. The van der Waals surface area contributed by atoms with Crippen molar-refractivity contribution in [2.24, 2.45) is 0 Å². The highest BCUT2D eigenvalue weighted by molar-refractivity contribution is 6.91. The molecule has 0 unspecified atom stereocenters. The molecule has 1 heterocycles. The van der Waals surface area contributed by atoms with Gasteiger partial charge >= 0.3 is 0 Å². The number of hydrogen-bond acceptors (Lipinski definition) is 2. The number of fused-ring (bicyclic) bond motifs is 2. The Balaban J connectivity index is 2.34. The first kappa shape index (κ1) is 30.1. The molecule has 3 aromatic rings. The molecule has 0 radical (unpaired) electrons. The molecule has 0 spiro atoms. The molecule has 0 saturated heterocycles. The van der Waals surface area contributed by atoms with Crippen LogP contribution in [0, 0.1) is 22.9 Å². The van der Waals surface area contributed by atoms with E-state index in [1.54, 1.807) is 0 Å². The Morgan fingerprint density at radius 1 is 0.474 bits per heavy atom. The first-order valence-electron chi connectivity index (χ1n) is 14.5. The number of nitrogens with zero attached hydrogens (tertiary/aromatic N) is 2. The predicted octanol–water partition coefficient (Wildman–Crippen LogP) is 9.92. The van der Waals surface area contributed by atoms with Crippen LogP contribution in [0.3, 0.4) is 0 Å². The van der Waals surface area contributed by atoms with Crippen molar-refractivity contribution in [2.75, 3.05) is 0 Å². The molecule has 202 valence electrons. The van der Waals surface area contributed by atoms with Crippen molar-refractivity contribution in [2.45, 2.75) is 116 Å². The highest BCUT2D eigenvalue weighted by atomic mass is 28.3. The highest BCUT2D eigenvalue weighted by Crippen LogP contribution is 2.42. The van der Waals surface area contributed by atoms with Gasteiger partial charge in [-0.2, -0.15) is 0 Å². The van der Waals surface area contributed by atoms with Gasteiger partial charge in [0.1, 0.15) is 27.2 Å². The lowest BCUT2D eigenvalue weighted by atomic mass is 10.1. The summed E-state index contributed by atoms with van der Waals surface area (Å²) in [6.45, 7) is 28.3. The highest BCUT2D eigenvalue weighted by Gasteiger charge is 2.42. The van der Waals surface area contributed by atoms with Gasteiger partial charge in [-0.3, -0.25) is 0 Å². The topological polar surface area (TPSA) is 25.8 Å². The van der Waals surface area contributed by atoms with Crippen LogP contribution in [0.15, 0.2) is 36.4 Å². The Morgan fingerprint density at radius 2 is 0.763 bits per heavy atom. The van der Waals surface area contributed by atoms with Gasteiger partial charge in [0.15, 0.2) is 0 Å². The lowest BCUT2D eigenvalue weighted by Gasteiger charge is -2.38. The third-order valence-corrected chi connectivity index (χ3v) is 21.6. The summed E-state index contributed by atoms with van der Waals surface area (Å²) in [6, 6.07) is 12.4. The number of hydrogen-bond donors (Lipinski definition) is 0. The van der Waals surface area contributed by atoms with Gasteiger partial charge in [0.25, 0.3) is 0 Å². The van der Waals surface area contributed by atoms with Gasteiger partial charge in [-0.05, 0) is 57.5 Å². The average Bonchev–Trinajstić information content (AvgIpc) is 2.83. The van der Waals surface area contributed by atoms with Crippen LogP contribution in [-0.2, 0) is 0 Å². The van der Waals surface area contributed by atoms with Gasteiger partial charge in [-0.25, -0.2) is 9.97 Å². The predicted molar refractivity (Wildman–Crippen MR) is 173 cm³/mol. The molecule has 0 N–H and O–H groups in total. The number of aromatic nitrogens is 2. The molecule has 2 nitrogen and oxygen atoms in total. The lowest BCUT2D eigenvalue weighted by Crippen LogP contribution is -2.43. The summed E-state index contributed by atoms with van der Waals surface area (Å²) in [4.78, 5) is 10.2. The molecule has 2 aromatic carbocycles. The molecule has 0 amide bonds. The normalized spacial score (nSPS) is 12.7. The Morgan fingerprint density at radius 3 is 1.03 bits per heavy atom. The van der Waals surface area contributed by atoms with Crippen molar-refractivity contribution < 1.29 is 0 Å². The summed E-state index contributed by atoms with van der Waals surface area (Å²) in [7, 11) is -3.75. The molecule has 0 bridgehead atoms. The van der Waals surface area contributed by atoms with Crippen molar-refractivity contribution in [3.8, 4) is 22.9 Å². The van der Waals surface area contributed by atoms with E-state index in [1.165, 1.54) is 0 Å². The summed E-state index contributed by atoms with van der Waals surface area (Å²) in [6.07, 6.45) is 0. The molecular formula is C34H48N2Si2. The van der Waals surface area contributed by atoms with E-state index in [-0.39, 0.29) is 0 Å². The smallest absolute Gasteiger partial charge is 0.146 e. The maximum atomic E-state index is 5.12. The SMILES string of the molecule is CC(C)[Si](C#Cc1ccc(C#C[Si](C(C)C)(C(C)C)C(C)C)c2nc3ccccc3nc12)(C(C)C)C(C)C. The number of benzene rings is 2. The van der Waals surface area contributed by atoms with Crippen LogP contribution < -0.4 is 0 Å². The van der Waals surface area contributed by atoms with Crippen molar-refractivity contribution >= 4 is 38.2 Å². The van der Waals surface area contributed by atoms with E-state index in [4.69, 9.17) is 9.97 Å². The Hall–Kier alpha value is -2.41. The van der Waals surface area contributed by atoms with E-state index < -0.39 is 16.1 Å². The fraction of sp³-hybridized carbons (Fsp3) is 0.529. The summed E-state index contributed by atoms with van der Waals surface area (Å²) >= 11 is 0. The second-order valence-electron chi connectivity index (χ2n) is 12.9. The third kappa shape index (κ3) is 5.36. The second kappa shape index (κ2) is 11.8. The minimum atomic E-state index is -1.87. The average molecular weight is 541 g/mol.